The van der Waals surface area contributed by atoms with Gasteiger partial charge in [-0.05, 0) is 56.8 Å². The van der Waals surface area contributed by atoms with E-state index in [4.69, 9.17) is 10.5 Å². The molecule has 0 aromatic heterocycles. The van der Waals surface area contributed by atoms with Crippen molar-refractivity contribution >= 4 is 15.9 Å². The lowest BCUT2D eigenvalue weighted by Gasteiger charge is -2.40. The van der Waals surface area contributed by atoms with Gasteiger partial charge in [0.2, 0.25) is 0 Å². The average molecular weight is 355 g/mol. The van der Waals surface area contributed by atoms with Gasteiger partial charge in [-0.1, -0.05) is 28.1 Å². The second-order valence-corrected chi connectivity index (χ2v) is 7.38. The van der Waals surface area contributed by atoms with Crippen LogP contribution in [0.5, 0.6) is 0 Å². The molecular formula is C17H27BrN2O. The molecule has 1 saturated heterocycles. The molecule has 1 aromatic rings. The van der Waals surface area contributed by atoms with E-state index in [1.807, 2.05) is 0 Å². The summed E-state index contributed by atoms with van der Waals surface area (Å²) in [4.78, 5) is 2.42. The summed E-state index contributed by atoms with van der Waals surface area (Å²) in [5, 5.41) is 0. The average Bonchev–Trinajstić information content (AvgIpc) is 2.50. The highest BCUT2D eigenvalue weighted by Crippen LogP contribution is 2.23. The number of halogens is 1. The van der Waals surface area contributed by atoms with Crippen molar-refractivity contribution in [2.45, 2.75) is 31.7 Å². The molecule has 1 aliphatic heterocycles. The molecule has 2 N–H and O–H groups in total. The fourth-order valence-electron chi connectivity index (χ4n) is 2.96. The van der Waals surface area contributed by atoms with E-state index < -0.39 is 0 Å². The van der Waals surface area contributed by atoms with Crippen LogP contribution in [-0.2, 0) is 11.2 Å². The smallest absolute Gasteiger partial charge is 0.0506 e. The highest BCUT2D eigenvalue weighted by molar-refractivity contribution is 9.10. The van der Waals surface area contributed by atoms with Crippen molar-refractivity contribution in [1.29, 1.82) is 0 Å². The third kappa shape index (κ3) is 4.78. The summed E-state index contributed by atoms with van der Waals surface area (Å²) in [5.41, 5.74) is 7.43. The highest BCUT2D eigenvalue weighted by atomic mass is 79.9. The predicted octanol–water partition coefficient (Wildman–Crippen LogP) is 3.07. The molecule has 0 radical (unpaired) electrons. The molecular weight excluding hydrogens is 328 g/mol. The molecule has 1 heterocycles. The molecule has 2 rings (SSSR count). The van der Waals surface area contributed by atoms with Gasteiger partial charge >= 0.3 is 0 Å². The Morgan fingerprint density at radius 3 is 2.67 bits per heavy atom. The molecule has 4 heteroatoms. The van der Waals surface area contributed by atoms with Gasteiger partial charge in [0, 0.05) is 29.7 Å². The van der Waals surface area contributed by atoms with Crippen molar-refractivity contribution < 1.29 is 4.74 Å². The van der Waals surface area contributed by atoms with Gasteiger partial charge in [0.25, 0.3) is 0 Å². The molecule has 0 amide bonds. The molecule has 0 aliphatic carbocycles. The van der Waals surface area contributed by atoms with Crippen molar-refractivity contribution in [1.82, 2.24) is 4.90 Å². The van der Waals surface area contributed by atoms with Crippen LogP contribution in [0.2, 0.25) is 0 Å². The van der Waals surface area contributed by atoms with Crippen molar-refractivity contribution in [3.63, 3.8) is 0 Å². The number of ether oxygens (including phenoxy) is 1. The zero-order valence-corrected chi connectivity index (χ0v) is 14.7. The molecule has 0 saturated carbocycles. The maximum absolute atomic E-state index is 6.11. The van der Waals surface area contributed by atoms with E-state index in [1.54, 1.807) is 0 Å². The van der Waals surface area contributed by atoms with Gasteiger partial charge in [0.1, 0.15) is 0 Å². The molecule has 1 aromatic carbocycles. The Morgan fingerprint density at radius 2 is 2.10 bits per heavy atom. The SMILES string of the molecule is CN(CC1CCCOC1)C(C)(CN)Cc1ccc(Br)cc1. The number of hydrogen-bond donors (Lipinski definition) is 1. The lowest BCUT2D eigenvalue weighted by Crippen LogP contribution is -2.53. The second-order valence-electron chi connectivity index (χ2n) is 6.47. The Labute approximate surface area is 137 Å². The lowest BCUT2D eigenvalue weighted by molar-refractivity contribution is 0.0239. The minimum absolute atomic E-state index is 0.00865. The molecule has 0 spiro atoms. The maximum atomic E-state index is 6.11. The number of rotatable bonds is 6. The third-order valence-electron chi connectivity index (χ3n) is 4.65. The van der Waals surface area contributed by atoms with Crippen LogP contribution in [0.3, 0.4) is 0 Å². The first kappa shape index (κ1) is 16.9. The predicted molar refractivity (Wildman–Crippen MR) is 91.5 cm³/mol. The Bertz CT molecular complexity index is 431. The normalized spacial score (nSPS) is 22.2. The Morgan fingerprint density at radius 1 is 1.38 bits per heavy atom. The number of likely N-dealkylation sites (N-methyl/N-ethyl adjacent to an activating group) is 1. The van der Waals surface area contributed by atoms with E-state index in [0.717, 1.165) is 30.7 Å². The summed E-state index contributed by atoms with van der Waals surface area (Å²) in [6.07, 6.45) is 3.43. The Balaban J connectivity index is 1.99. The van der Waals surface area contributed by atoms with Crippen LogP contribution in [0.1, 0.15) is 25.3 Å². The fraction of sp³-hybridized carbons (Fsp3) is 0.647. The molecule has 1 aliphatic rings. The zero-order valence-electron chi connectivity index (χ0n) is 13.1. The van der Waals surface area contributed by atoms with E-state index >= 15 is 0 Å². The van der Waals surface area contributed by atoms with Crippen molar-refractivity contribution in [2.75, 3.05) is 33.4 Å². The monoisotopic (exact) mass is 354 g/mol. The topological polar surface area (TPSA) is 38.5 Å². The van der Waals surface area contributed by atoms with Crippen LogP contribution in [0.4, 0.5) is 0 Å². The van der Waals surface area contributed by atoms with E-state index in [1.165, 1.54) is 18.4 Å². The first-order chi connectivity index (χ1) is 10.0. The van der Waals surface area contributed by atoms with Gasteiger partial charge in [-0.15, -0.1) is 0 Å². The Hall–Kier alpha value is -0.420. The van der Waals surface area contributed by atoms with Gasteiger partial charge < -0.3 is 10.5 Å². The summed E-state index contributed by atoms with van der Waals surface area (Å²) < 4.78 is 6.72. The standard InChI is InChI=1S/C17H27BrN2O/c1-17(13-19,10-14-5-7-16(18)8-6-14)20(2)11-15-4-3-9-21-12-15/h5-8,15H,3-4,9-13,19H2,1-2H3. The summed E-state index contributed by atoms with van der Waals surface area (Å²) in [6.45, 7) is 5.80. The highest BCUT2D eigenvalue weighted by Gasteiger charge is 2.30. The van der Waals surface area contributed by atoms with Crippen molar-refractivity contribution in [3.8, 4) is 0 Å². The van der Waals surface area contributed by atoms with E-state index in [-0.39, 0.29) is 5.54 Å². The molecule has 0 bridgehead atoms. The minimum atomic E-state index is -0.00865. The molecule has 118 valence electrons. The van der Waals surface area contributed by atoms with Crippen LogP contribution >= 0.6 is 15.9 Å². The van der Waals surface area contributed by atoms with Gasteiger partial charge in [-0.2, -0.15) is 0 Å². The van der Waals surface area contributed by atoms with Gasteiger partial charge in [0.15, 0.2) is 0 Å². The van der Waals surface area contributed by atoms with Crippen LogP contribution in [0.25, 0.3) is 0 Å². The van der Waals surface area contributed by atoms with Crippen LogP contribution in [0.15, 0.2) is 28.7 Å². The number of nitrogens with two attached hydrogens (primary N) is 1. The lowest BCUT2D eigenvalue weighted by atomic mass is 9.89. The van der Waals surface area contributed by atoms with E-state index in [9.17, 15) is 0 Å². The summed E-state index contributed by atoms with van der Waals surface area (Å²) in [6, 6.07) is 8.55. The summed E-state index contributed by atoms with van der Waals surface area (Å²) in [7, 11) is 2.19. The van der Waals surface area contributed by atoms with Crippen molar-refractivity contribution in [2.24, 2.45) is 11.7 Å². The maximum Gasteiger partial charge on any atom is 0.0506 e. The number of benzene rings is 1. The largest absolute Gasteiger partial charge is 0.381 e. The van der Waals surface area contributed by atoms with Gasteiger partial charge in [-0.3, -0.25) is 4.90 Å². The van der Waals surface area contributed by atoms with Crippen LogP contribution in [-0.4, -0.2) is 43.8 Å². The first-order valence-corrected chi connectivity index (χ1v) is 8.56. The number of hydrogen-bond acceptors (Lipinski definition) is 3. The van der Waals surface area contributed by atoms with Gasteiger partial charge in [-0.25, -0.2) is 0 Å². The fourth-order valence-corrected chi connectivity index (χ4v) is 3.23. The molecule has 2 atom stereocenters. The minimum Gasteiger partial charge on any atom is -0.381 e. The quantitative estimate of drug-likeness (QED) is 0.852. The Kier molecular flexibility index (Phi) is 6.23. The molecule has 3 nitrogen and oxygen atoms in total. The molecule has 2 unspecified atom stereocenters. The zero-order chi connectivity index (χ0) is 15.3. The first-order valence-electron chi connectivity index (χ1n) is 7.77. The summed E-state index contributed by atoms with van der Waals surface area (Å²) >= 11 is 3.49. The van der Waals surface area contributed by atoms with E-state index in [2.05, 4.69) is 59.1 Å². The van der Waals surface area contributed by atoms with Crippen LogP contribution in [0, 0.1) is 5.92 Å². The number of nitrogens with zero attached hydrogens (tertiary/aromatic N) is 1. The van der Waals surface area contributed by atoms with Crippen molar-refractivity contribution in [3.05, 3.63) is 34.3 Å². The molecule has 1 fully saturated rings. The molecule has 21 heavy (non-hydrogen) atoms. The summed E-state index contributed by atoms with van der Waals surface area (Å²) in [5.74, 6) is 0.638. The van der Waals surface area contributed by atoms with E-state index in [0.29, 0.717) is 12.5 Å². The third-order valence-corrected chi connectivity index (χ3v) is 5.17. The second kappa shape index (κ2) is 7.73. The van der Waals surface area contributed by atoms with Crippen LogP contribution < -0.4 is 5.73 Å². The van der Waals surface area contributed by atoms with Gasteiger partial charge in [0.05, 0.1) is 6.61 Å².